The van der Waals surface area contributed by atoms with E-state index in [1.807, 2.05) is 30.3 Å². The molecular formula is C15H16N2O4. The molecule has 0 aliphatic rings. The Labute approximate surface area is 121 Å². The summed E-state index contributed by atoms with van der Waals surface area (Å²) in [6.07, 6.45) is 0.375. The van der Waals surface area contributed by atoms with Crippen LogP contribution in [0.4, 0.5) is 0 Å². The van der Waals surface area contributed by atoms with Crippen LogP contribution in [0.2, 0.25) is 0 Å². The largest absolute Gasteiger partial charge is 0.481 e. The molecule has 6 nitrogen and oxygen atoms in total. The lowest BCUT2D eigenvalue weighted by molar-refractivity contribution is -0.137. The Bertz CT molecular complexity index is 622. The van der Waals surface area contributed by atoms with Crippen molar-refractivity contribution >= 4 is 11.9 Å². The van der Waals surface area contributed by atoms with Crippen LogP contribution in [0.5, 0.6) is 0 Å². The van der Waals surface area contributed by atoms with Crippen molar-refractivity contribution < 1.29 is 19.2 Å². The van der Waals surface area contributed by atoms with E-state index in [0.717, 1.165) is 5.56 Å². The van der Waals surface area contributed by atoms with Crippen LogP contribution in [0.3, 0.4) is 0 Å². The van der Waals surface area contributed by atoms with Gasteiger partial charge in [-0.3, -0.25) is 9.59 Å². The predicted octanol–water partition coefficient (Wildman–Crippen LogP) is 2.32. The van der Waals surface area contributed by atoms with Gasteiger partial charge < -0.3 is 14.9 Å². The maximum Gasteiger partial charge on any atom is 0.303 e. The van der Waals surface area contributed by atoms with Gasteiger partial charge in [-0.1, -0.05) is 35.5 Å². The van der Waals surface area contributed by atoms with Gasteiger partial charge in [0, 0.05) is 24.1 Å². The molecule has 21 heavy (non-hydrogen) atoms. The first-order chi connectivity index (χ1) is 10.1. The Morgan fingerprint density at radius 2 is 2.05 bits per heavy atom. The number of nitrogens with zero attached hydrogens (tertiary/aromatic N) is 1. The lowest BCUT2D eigenvalue weighted by atomic mass is 10.1. The van der Waals surface area contributed by atoms with Crippen molar-refractivity contribution in [2.45, 2.75) is 25.8 Å². The van der Waals surface area contributed by atoms with E-state index in [0.29, 0.717) is 12.2 Å². The zero-order chi connectivity index (χ0) is 15.2. The number of aromatic nitrogens is 1. The minimum absolute atomic E-state index is 0.00945. The molecule has 0 radical (unpaired) electrons. The van der Waals surface area contributed by atoms with Gasteiger partial charge in [0.25, 0.3) is 5.91 Å². The SMILES string of the molecule is CC(CCC(=O)O)NC(=O)c1cc(-c2ccccc2)on1. The van der Waals surface area contributed by atoms with E-state index in [1.165, 1.54) is 0 Å². The van der Waals surface area contributed by atoms with Gasteiger partial charge >= 0.3 is 5.97 Å². The monoisotopic (exact) mass is 288 g/mol. The van der Waals surface area contributed by atoms with Gasteiger partial charge in [0.2, 0.25) is 0 Å². The molecule has 2 N–H and O–H groups in total. The molecule has 0 aliphatic carbocycles. The molecule has 1 aromatic carbocycles. The summed E-state index contributed by atoms with van der Waals surface area (Å²) in [5, 5.41) is 15.0. The average Bonchev–Trinajstić information content (AvgIpc) is 2.96. The van der Waals surface area contributed by atoms with Gasteiger partial charge in [-0.15, -0.1) is 0 Å². The quantitative estimate of drug-likeness (QED) is 0.851. The fourth-order valence-corrected chi connectivity index (χ4v) is 1.83. The third-order valence-corrected chi connectivity index (χ3v) is 2.97. The van der Waals surface area contributed by atoms with Crippen molar-refractivity contribution in [3.05, 3.63) is 42.1 Å². The van der Waals surface area contributed by atoms with Crippen LogP contribution in [0.25, 0.3) is 11.3 Å². The molecule has 0 spiro atoms. The second-order valence-corrected chi connectivity index (χ2v) is 4.75. The molecular weight excluding hydrogens is 272 g/mol. The van der Waals surface area contributed by atoms with Gasteiger partial charge in [-0.05, 0) is 13.3 Å². The number of hydrogen-bond acceptors (Lipinski definition) is 4. The van der Waals surface area contributed by atoms with E-state index in [2.05, 4.69) is 10.5 Å². The fourth-order valence-electron chi connectivity index (χ4n) is 1.83. The van der Waals surface area contributed by atoms with Crippen LogP contribution < -0.4 is 5.32 Å². The zero-order valence-corrected chi connectivity index (χ0v) is 11.6. The van der Waals surface area contributed by atoms with Crippen LogP contribution in [0, 0.1) is 0 Å². The number of carboxylic acids is 1. The van der Waals surface area contributed by atoms with E-state index in [4.69, 9.17) is 9.63 Å². The topological polar surface area (TPSA) is 92.4 Å². The Hall–Kier alpha value is -2.63. The molecule has 1 atom stereocenters. The molecule has 110 valence electrons. The third kappa shape index (κ3) is 4.17. The van der Waals surface area contributed by atoms with Crippen molar-refractivity contribution in [1.29, 1.82) is 0 Å². The van der Waals surface area contributed by atoms with Crippen molar-refractivity contribution in [3.8, 4) is 11.3 Å². The maximum absolute atomic E-state index is 12.0. The standard InChI is InChI=1S/C15H16N2O4/c1-10(7-8-14(18)19)16-15(20)12-9-13(21-17-12)11-5-3-2-4-6-11/h2-6,9-10H,7-8H2,1H3,(H,16,20)(H,18,19). The molecule has 0 saturated heterocycles. The summed E-state index contributed by atoms with van der Waals surface area (Å²) in [7, 11) is 0. The van der Waals surface area contributed by atoms with E-state index in [1.54, 1.807) is 13.0 Å². The second kappa shape index (κ2) is 6.69. The first-order valence-corrected chi connectivity index (χ1v) is 6.61. The number of aliphatic carboxylic acids is 1. The minimum atomic E-state index is -0.885. The molecule has 6 heteroatoms. The Kier molecular flexibility index (Phi) is 4.71. The predicted molar refractivity (Wildman–Crippen MR) is 75.7 cm³/mol. The van der Waals surface area contributed by atoms with Crippen LogP contribution >= 0.6 is 0 Å². The van der Waals surface area contributed by atoms with Crippen molar-refractivity contribution in [2.24, 2.45) is 0 Å². The molecule has 1 heterocycles. The summed E-state index contributed by atoms with van der Waals surface area (Å²) in [6, 6.07) is 10.7. The van der Waals surface area contributed by atoms with Crippen LogP contribution in [-0.2, 0) is 4.79 Å². The Morgan fingerprint density at radius 3 is 2.71 bits per heavy atom. The van der Waals surface area contributed by atoms with Gasteiger partial charge in [-0.25, -0.2) is 0 Å². The first kappa shape index (κ1) is 14.8. The molecule has 0 fully saturated rings. The highest BCUT2D eigenvalue weighted by molar-refractivity contribution is 5.93. The summed E-state index contributed by atoms with van der Waals surface area (Å²) in [5.74, 6) is -0.748. The third-order valence-electron chi connectivity index (χ3n) is 2.97. The summed E-state index contributed by atoms with van der Waals surface area (Å²) in [4.78, 5) is 22.4. The van der Waals surface area contributed by atoms with Gasteiger partial charge in [0.15, 0.2) is 11.5 Å². The average molecular weight is 288 g/mol. The highest BCUT2D eigenvalue weighted by Gasteiger charge is 2.16. The van der Waals surface area contributed by atoms with E-state index in [-0.39, 0.29) is 24.1 Å². The van der Waals surface area contributed by atoms with Crippen molar-refractivity contribution in [1.82, 2.24) is 10.5 Å². The summed E-state index contributed by atoms with van der Waals surface area (Å²) >= 11 is 0. The van der Waals surface area contributed by atoms with Crippen molar-refractivity contribution in [2.75, 3.05) is 0 Å². The summed E-state index contributed by atoms with van der Waals surface area (Å²) in [5.41, 5.74) is 1.01. The number of carbonyl (C=O) groups excluding carboxylic acids is 1. The van der Waals surface area contributed by atoms with Gasteiger partial charge in [0.05, 0.1) is 0 Å². The minimum Gasteiger partial charge on any atom is -0.481 e. The number of carboxylic acid groups (broad SMARTS) is 1. The highest BCUT2D eigenvalue weighted by atomic mass is 16.5. The Balaban J connectivity index is 1.98. The van der Waals surface area contributed by atoms with E-state index >= 15 is 0 Å². The summed E-state index contributed by atoms with van der Waals surface area (Å²) < 4.78 is 5.15. The van der Waals surface area contributed by atoms with Gasteiger partial charge in [-0.2, -0.15) is 0 Å². The fraction of sp³-hybridized carbons (Fsp3) is 0.267. The van der Waals surface area contributed by atoms with Crippen LogP contribution in [-0.4, -0.2) is 28.2 Å². The molecule has 2 rings (SSSR count). The maximum atomic E-state index is 12.0. The molecule has 0 aliphatic heterocycles. The zero-order valence-electron chi connectivity index (χ0n) is 11.6. The number of amides is 1. The van der Waals surface area contributed by atoms with E-state index < -0.39 is 5.97 Å². The number of benzene rings is 1. The van der Waals surface area contributed by atoms with Crippen LogP contribution in [0.1, 0.15) is 30.3 Å². The number of rotatable bonds is 6. The second-order valence-electron chi connectivity index (χ2n) is 4.75. The molecule has 1 aromatic heterocycles. The lowest BCUT2D eigenvalue weighted by Crippen LogP contribution is -2.33. The molecule has 0 bridgehead atoms. The van der Waals surface area contributed by atoms with Crippen molar-refractivity contribution in [3.63, 3.8) is 0 Å². The molecule has 0 saturated carbocycles. The number of hydrogen-bond donors (Lipinski definition) is 2. The Morgan fingerprint density at radius 1 is 1.33 bits per heavy atom. The van der Waals surface area contributed by atoms with E-state index in [9.17, 15) is 9.59 Å². The highest BCUT2D eigenvalue weighted by Crippen LogP contribution is 2.19. The smallest absolute Gasteiger partial charge is 0.303 e. The van der Waals surface area contributed by atoms with Crippen LogP contribution in [0.15, 0.2) is 40.9 Å². The van der Waals surface area contributed by atoms with Gasteiger partial charge in [0.1, 0.15) is 0 Å². The normalized spacial score (nSPS) is 11.9. The molecule has 2 aromatic rings. The number of carbonyl (C=O) groups is 2. The molecule has 1 amide bonds. The summed E-state index contributed by atoms with van der Waals surface area (Å²) in [6.45, 7) is 1.75. The lowest BCUT2D eigenvalue weighted by Gasteiger charge is -2.10. The number of nitrogens with one attached hydrogen (secondary N) is 1. The molecule has 1 unspecified atom stereocenters. The first-order valence-electron chi connectivity index (χ1n) is 6.61.